The molecule has 3 fully saturated rings. The Kier molecular flexibility index (Phi) is 6.93. The average Bonchev–Trinajstić information content (AvgIpc) is 3.38. The van der Waals surface area contributed by atoms with Crippen LogP contribution >= 0.6 is 43.6 Å². The number of halogens is 2. The maximum atomic E-state index is 13.3. The van der Waals surface area contributed by atoms with Crippen molar-refractivity contribution in [1.82, 2.24) is 4.90 Å². The third-order valence-corrected chi connectivity index (χ3v) is 10.5. The first-order chi connectivity index (χ1) is 14.9. The second-order valence-corrected chi connectivity index (χ2v) is 11.3. The molecule has 2 aliphatic carbocycles. The van der Waals surface area contributed by atoms with E-state index in [1.165, 1.54) is 11.8 Å². The van der Waals surface area contributed by atoms with Gasteiger partial charge in [-0.3, -0.25) is 19.3 Å². The van der Waals surface area contributed by atoms with Gasteiger partial charge in [0.1, 0.15) is 6.04 Å². The smallest absolute Gasteiger partial charge is 0.329 e. The van der Waals surface area contributed by atoms with Gasteiger partial charge in [-0.2, -0.15) is 11.8 Å². The van der Waals surface area contributed by atoms with E-state index in [0.717, 1.165) is 11.3 Å². The highest BCUT2D eigenvalue weighted by Crippen LogP contribution is 2.60. The number of hydrogen-bond acceptors (Lipinski definition) is 6. The molecule has 1 aliphatic heterocycles. The first-order valence-electron chi connectivity index (χ1n) is 10.3. The van der Waals surface area contributed by atoms with E-state index in [-0.39, 0.29) is 50.9 Å². The molecular weight excluding hydrogens is 550 g/mol. The van der Waals surface area contributed by atoms with Crippen molar-refractivity contribution < 1.29 is 23.9 Å². The molecular formula is C22H23Br2NO5S. The summed E-state index contributed by atoms with van der Waals surface area (Å²) in [6.07, 6.45) is 3.04. The number of ketones is 1. The van der Waals surface area contributed by atoms with Crippen molar-refractivity contribution in [1.29, 1.82) is 0 Å². The predicted octanol–water partition coefficient (Wildman–Crippen LogP) is 3.31. The summed E-state index contributed by atoms with van der Waals surface area (Å²) >= 11 is 8.87. The SMILES string of the molecule is CSCC[C@H](C(=O)OCC(=O)c1ccccc1)N1C(=O)[C@@H]2[C@@H]3C[C@@H]([C@@H](Br)[C@H]3Br)[C@@H]2C1=O. The minimum atomic E-state index is -0.997. The number of rotatable bonds is 8. The predicted molar refractivity (Wildman–Crippen MR) is 124 cm³/mol. The van der Waals surface area contributed by atoms with Gasteiger partial charge in [0, 0.05) is 15.2 Å². The van der Waals surface area contributed by atoms with Gasteiger partial charge >= 0.3 is 5.97 Å². The van der Waals surface area contributed by atoms with Crippen molar-refractivity contribution in [2.45, 2.75) is 28.5 Å². The van der Waals surface area contributed by atoms with E-state index in [9.17, 15) is 19.2 Å². The quantitative estimate of drug-likeness (QED) is 0.206. The normalized spacial score (nSPS) is 32.3. The highest BCUT2D eigenvalue weighted by Gasteiger charge is 2.67. The first-order valence-corrected chi connectivity index (χ1v) is 13.5. The van der Waals surface area contributed by atoms with Gasteiger partial charge in [-0.05, 0) is 36.7 Å². The number of Topliss-reactive ketones (excluding diaryl/α,β-unsaturated/α-hetero) is 1. The molecule has 0 N–H and O–H groups in total. The maximum Gasteiger partial charge on any atom is 0.329 e. The molecule has 0 spiro atoms. The Labute approximate surface area is 202 Å². The number of carbonyl (C=O) groups excluding carboxylic acids is 4. The Balaban J connectivity index is 1.50. The van der Waals surface area contributed by atoms with Gasteiger partial charge in [0.15, 0.2) is 12.4 Å². The van der Waals surface area contributed by atoms with E-state index in [1.807, 2.05) is 6.26 Å². The number of esters is 1. The molecule has 1 saturated heterocycles. The largest absolute Gasteiger partial charge is 0.456 e. The van der Waals surface area contributed by atoms with Crippen molar-refractivity contribution in [2.75, 3.05) is 18.6 Å². The third kappa shape index (κ3) is 4.02. The van der Waals surface area contributed by atoms with Crippen LogP contribution in [0, 0.1) is 23.7 Å². The Morgan fingerprint density at radius 3 is 2.23 bits per heavy atom. The molecule has 7 atom stereocenters. The fourth-order valence-corrected chi connectivity index (χ4v) is 7.53. The van der Waals surface area contributed by atoms with Gasteiger partial charge in [0.25, 0.3) is 0 Å². The molecule has 0 unspecified atom stereocenters. The van der Waals surface area contributed by atoms with Crippen molar-refractivity contribution in [3.8, 4) is 0 Å². The van der Waals surface area contributed by atoms with Crippen LogP contribution < -0.4 is 0 Å². The second kappa shape index (κ2) is 9.35. The molecule has 2 saturated carbocycles. The van der Waals surface area contributed by atoms with E-state index in [4.69, 9.17) is 4.74 Å². The lowest BCUT2D eigenvalue weighted by Crippen LogP contribution is -2.47. The van der Waals surface area contributed by atoms with Crippen LogP contribution in [0.3, 0.4) is 0 Å². The zero-order chi connectivity index (χ0) is 22.3. The Morgan fingerprint density at radius 2 is 1.68 bits per heavy atom. The number of carbonyl (C=O) groups is 4. The Bertz CT molecular complexity index is 865. The van der Waals surface area contributed by atoms with E-state index in [1.54, 1.807) is 30.3 Å². The summed E-state index contributed by atoms with van der Waals surface area (Å²) in [5.41, 5.74) is 0.446. The summed E-state index contributed by atoms with van der Waals surface area (Å²) in [6, 6.07) is 7.57. The van der Waals surface area contributed by atoms with Gasteiger partial charge in [-0.25, -0.2) is 4.79 Å². The molecule has 3 aliphatic rings. The van der Waals surface area contributed by atoms with Crippen LogP contribution in [0.5, 0.6) is 0 Å². The molecule has 1 heterocycles. The molecule has 0 aromatic heterocycles. The summed E-state index contributed by atoms with van der Waals surface area (Å²) in [5, 5.41) is 0. The number of amides is 2. The highest BCUT2D eigenvalue weighted by molar-refractivity contribution is 9.12. The first kappa shape index (κ1) is 23.0. The number of ether oxygens (including phenoxy) is 1. The van der Waals surface area contributed by atoms with Crippen LogP contribution in [0.25, 0.3) is 0 Å². The van der Waals surface area contributed by atoms with Crippen LogP contribution in [0.15, 0.2) is 30.3 Å². The fourth-order valence-electron chi connectivity index (χ4n) is 5.20. The van der Waals surface area contributed by atoms with Crippen molar-refractivity contribution >= 4 is 67.2 Å². The average molecular weight is 573 g/mol. The maximum absolute atomic E-state index is 13.3. The van der Waals surface area contributed by atoms with Crippen molar-refractivity contribution in [3.05, 3.63) is 35.9 Å². The number of nitrogens with zero attached hydrogens (tertiary/aromatic N) is 1. The molecule has 1 aromatic rings. The van der Waals surface area contributed by atoms with Gasteiger partial charge in [-0.1, -0.05) is 62.2 Å². The zero-order valence-corrected chi connectivity index (χ0v) is 20.9. The summed E-state index contributed by atoms with van der Waals surface area (Å²) < 4.78 is 5.30. The van der Waals surface area contributed by atoms with Crippen LogP contribution in [0.4, 0.5) is 0 Å². The molecule has 4 rings (SSSR count). The highest BCUT2D eigenvalue weighted by atomic mass is 79.9. The number of fused-ring (bicyclic) bond motifs is 5. The summed E-state index contributed by atoms with van der Waals surface area (Å²) in [5.74, 6) is -1.58. The second-order valence-electron chi connectivity index (χ2n) is 8.24. The Morgan fingerprint density at radius 1 is 1.10 bits per heavy atom. The van der Waals surface area contributed by atoms with Gasteiger partial charge in [0.2, 0.25) is 11.8 Å². The van der Waals surface area contributed by atoms with Crippen molar-refractivity contribution in [2.24, 2.45) is 23.7 Å². The minimum Gasteiger partial charge on any atom is -0.456 e. The number of alkyl halides is 2. The standard InChI is InChI=1S/C22H23Br2NO5S/c1-31-8-7-14(22(29)30-10-15(26)11-5-3-2-4-6-11)25-20(27)16-12-9-13(17(16)21(25)28)19(24)18(12)23/h2-6,12-14,16-19H,7-10H2,1H3/t12-,13+,14-,16+,17-,18-,19+/m1/s1. The van der Waals surface area contributed by atoms with Gasteiger partial charge in [-0.15, -0.1) is 0 Å². The zero-order valence-electron chi connectivity index (χ0n) is 16.9. The summed E-state index contributed by atoms with van der Waals surface area (Å²) in [7, 11) is 0. The molecule has 1 aromatic carbocycles. The number of likely N-dealkylation sites (tertiary alicyclic amines) is 1. The minimum absolute atomic E-state index is 0.0812. The van der Waals surface area contributed by atoms with E-state index in [0.29, 0.717) is 17.7 Å². The summed E-state index contributed by atoms with van der Waals surface area (Å²) in [4.78, 5) is 53.3. The molecule has 6 nitrogen and oxygen atoms in total. The summed E-state index contributed by atoms with van der Waals surface area (Å²) in [6.45, 7) is -0.417. The molecule has 31 heavy (non-hydrogen) atoms. The fraction of sp³-hybridized carbons (Fsp3) is 0.545. The lowest BCUT2D eigenvalue weighted by atomic mass is 9.81. The molecule has 2 amide bonds. The van der Waals surface area contributed by atoms with E-state index in [2.05, 4.69) is 31.9 Å². The van der Waals surface area contributed by atoms with E-state index < -0.39 is 18.6 Å². The Hall–Kier alpha value is -1.19. The lowest BCUT2D eigenvalue weighted by molar-refractivity contribution is -0.158. The van der Waals surface area contributed by atoms with Crippen LogP contribution in [0.1, 0.15) is 23.2 Å². The molecule has 2 bridgehead atoms. The number of imide groups is 1. The van der Waals surface area contributed by atoms with E-state index >= 15 is 0 Å². The monoisotopic (exact) mass is 571 g/mol. The van der Waals surface area contributed by atoms with Crippen LogP contribution in [-0.2, 0) is 19.1 Å². The van der Waals surface area contributed by atoms with Gasteiger partial charge in [0.05, 0.1) is 11.8 Å². The van der Waals surface area contributed by atoms with Crippen LogP contribution in [-0.4, -0.2) is 62.8 Å². The number of benzene rings is 1. The molecule has 0 radical (unpaired) electrons. The number of thioether (sulfide) groups is 1. The molecule has 9 heteroatoms. The molecule has 166 valence electrons. The number of hydrogen-bond donors (Lipinski definition) is 0. The van der Waals surface area contributed by atoms with Crippen molar-refractivity contribution in [3.63, 3.8) is 0 Å². The van der Waals surface area contributed by atoms with Gasteiger partial charge < -0.3 is 4.74 Å². The van der Waals surface area contributed by atoms with Crippen LogP contribution in [0.2, 0.25) is 0 Å². The topological polar surface area (TPSA) is 80.8 Å². The third-order valence-electron chi connectivity index (χ3n) is 6.64. The lowest BCUT2D eigenvalue weighted by Gasteiger charge is -2.28.